The highest BCUT2D eigenvalue weighted by molar-refractivity contribution is 6.05. The molecule has 0 radical (unpaired) electrons. The van der Waals surface area contributed by atoms with E-state index in [0.717, 1.165) is 6.07 Å². The van der Waals surface area contributed by atoms with Gasteiger partial charge in [-0.25, -0.2) is 4.39 Å². The van der Waals surface area contributed by atoms with E-state index in [4.69, 9.17) is 10.5 Å². The number of methoxy groups -OCH3 is 1. The van der Waals surface area contributed by atoms with Gasteiger partial charge in [0.25, 0.3) is 5.91 Å². The minimum absolute atomic E-state index is 0.0363. The molecule has 104 valence electrons. The van der Waals surface area contributed by atoms with E-state index in [1.165, 1.54) is 31.4 Å². The van der Waals surface area contributed by atoms with Gasteiger partial charge < -0.3 is 20.9 Å². The first-order chi connectivity index (χ1) is 9.51. The minimum atomic E-state index is -0.674. The summed E-state index contributed by atoms with van der Waals surface area (Å²) in [5, 5.41) is 12.1. The number of halogens is 1. The SMILES string of the molecule is COc1ccc(O)c(NC(=O)c2ccc(N)c(F)c2)c1. The van der Waals surface area contributed by atoms with Crippen molar-refractivity contribution < 1.29 is 19.0 Å². The Labute approximate surface area is 114 Å². The van der Waals surface area contributed by atoms with E-state index in [-0.39, 0.29) is 22.7 Å². The molecule has 0 spiro atoms. The van der Waals surface area contributed by atoms with Crippen molar-refractivity contribution in [3.8, 4) is 11.5 Å². The van der Waals surface area contributed by atoms with Crippen molar-refractivity contribution in [1.82, 2.24) is 0 Å². The van der Waals surface area contributed by atoms with Crippen LogP contribution in [0.2, 0.25) is 0 Å². The maximum absolute atomic E-state index is 13.3. The molecule has 0 aromatic heterocycles. The molecule has 2 rings (SSSR count). The van der Waals surface area contributed by atoms with Gasteiger partial charge in [0.2, 0.25) is 0 Å². The Balaban J connectivity index is 2.25. The van der Waals surface area contributed by atoms with Crippen molar-refractivity contribution in [2.75, 3.05) is 18.2 Å². The van der Waals surface area contributed by atoms with Crippen LogP contribution >= 0.6 is 0 Å². The number of hydrogen-bond acceptors (Lipinski definition) is 4. The van der Waals surface area contributed by atoms with Gasteiger partial charge in [-0.3, -0.25) is 4.79 Å². The molecule has 20 heavy (non-hydrogen) atoms. The monoisotopic (exact) mass is 276 g/mol. The number of carbonyl (C=O) groups is 1. The number of carbonyl (C=O) groups excluding carboxylic acids is 1. The van der Waals surface area contributed by atoms with Gasteiger partial charge in [-0.2, -0.15) is 0 Å². The van der Waals surface area contributed by atoms with E-state index in [2.05, 4.69) is 5.32 Å². The molecule has 0 saturated heterocycles. The molecule has 0 aliphatic carbocycles. The summed E-state index contributed by atoms with van der Waals surface area (Å²) in [6, 6.07) is 8.12. The standard InChI is InChI=1S/C14H13FN2O3/c1-20-9-3-5-13(18)12(7-9)17-14(19)8-2-4-11(16)10(15)6-8/h2-7,18H,16H2,1H3,(H,17,19). The van der Waals surface area contributed by atoms with E-state index in [0.29, 0.717) is 5.75 Å². The van der Waals surface area contributed by atoms with Crippen LogP contribution in [-0.2, 0) is 0 Å². The van der Waals surface area contributed by atoms with Gasteiger partial charge in [0.05, 0.1) is 18.5 Å². The highest BCUT2D eigenvalue weighted by atomic mass is 19.1. The first-order valence-corrected chi connectivity index (χ1v) is 5.74. The number of amides is 1. The van der Waals surface area contributed by atoms with E-state index in [1.54, 1.807) is 6.07 Å². The first kappa shape index (κ1) is 13.7. The van der Waals surface area contributed by atoms with Crippen LogP contribution in [0.4, 0.5) is 15.8 Å². The molecule has 1 amide bonds. The summed E-state index contributed by atoms with van der Waals surface area (Å²) in [6.45, 7) is 0. The maximum Gasteiger partial charge on any atom is 0.255 e. The van der Waals surface area contributed by atoms with E-state index in [9.17, 15) is 14.3 Å². The summed E-state index contributed by atoms with van der Waals surface area (Å²) < 4.78 is 18.3. The average Bonchev–Trinajstić information content (AvgIpc) is 2.44. The molecule has 0 aliphatic rings. The minimum Gasteiger partial charge on any atom is -0.506 e. The Kier molecular flexibility index (Phi) is 3.74. The number of nitrogen functional groups attached to an aromatic ring is 1. The predicted octanol–water partition coefficient (Wildman–Crippen LogP) is 2.37. The molecular weight excluding hydrogens is 263 g/mol. The van der Waals surface area contributed by atoms with Crippen molar-refractivity contribution in [2.24, 2.45) is 0 Å². The van der Waals surface area contributed by atoms with Gasteiger partial charge in [0, 0.05) is 11.6 Å². The van der Waals surface area contributed by atoms with Crippen molar-refractivity contribution in [1.29, 1.82) is 0 Å². The molecule has 2 aromatic carbocycles. The number of phenolic OH excluding ortho intramolecular Hbond substituents is 1. The third-order valence-electron chi connectivity index (χ3n) is 2.71. The van der Waals surface area contributed by atoms with E-state index >= 15 is 0 Å². The van der Waals surface area contributed by atoms with Crippen LogP contribution in [0.15, 0.2) is 36.4 Å². The Morgan fingerprint density at radius 2 is 2.05 bits per heavy atom. The van der Waals surface area contributed by atoms with Gasteiger partial charge in [-0.05, 0) is 30.3 Å². The van der Waals surface area contributed by atoms with Crippen LogP contribution in [0.25, 0.3) is 0 Å². The van der Waals surface area contributed by atoms with Crippen LogP contribution in [0, 0.1) is 5.82 Å². The number of rotatable bonds is 3. The number of benzene rings is 2. The highest BCUT2D eigenvalue weighted by Crippen LogP contribution is 2.28. The summed E-state index contributed by atoms with van der Waals surface area (Å²) in [5.74, 6) is -0.878. The number of nitrogens with one attached hydrogen (secondary N) is 1. The lowest BCUT2D eigenvalue weighted by molar-refractivity contribution is 0.102. The second kappa shape index (κ2) is 5.48. The van der Waals surface area contributed by atoms with Crippen LogP contribution in [-0.4, -0.2) is 18.1 Å². The largest absolute Gasteiger partial charge is 0.506 e. The van der Waals surface area contributed by atoms with Gasteiger partial charge in [0.1, 0.15) is 17.3 Å². The third-order valence-corrected chi connectivity index (χ3v) is 2.71. The molecular formula is C14H13FN2O3. The van der Waals surface area contributed by atoms with E-state index < -0.39 is 11.7 Å². The van der Waals surface area contributed by atoms with Gasteiger partial charge in [-0.15, -0.1) is 0 Å². The fraction of sp³-hybridized carbons (Fsp3) is 0.0714. The molecule has 0 unspecified atom stereocenters. The van der Waals surface area contributed by atoms with E-state index in [1.807, 2.05) is 0 Å². The summed E-state index contributed by atoms with van der Waals surface area (Å²) in [4.78, 5) is 12.0. The van der Waals surface area contributed by atoms with Crippen molar-refractivity contribution in [2.45, 2.75) is 0 Å². The molecule has 0 fully saturated rings. The zero-order chi connectivity index (χ0) is 14.7. The Bertz CT molecular complexity index is 659. The smallest absolute Gasteiger partial charge is 0.255 e. The summed E-state index contributed by atoms with van der Waals surface area (Å²) in [6.07, 6.45) is 0. The molecule has 0 bridgehead atoms. The number of phenols is 1. The number of ether oxygens (including phenoxy) is 1. The van der Waals surface area contributed by atoms with Crippen molar-refractivity contribution >= 4 is 17.3 Å². The second-order valence-corrected chi connectivity index (χ2v) is 4.07. The van der Waals surface area contributed by atoms with Gasteiger partial charge >= 0.3 is 0 Å². The number of aromatic hydroxyl groups is 1. The Hall–Kier alpha value is -2.76. The van der Waals surface area contributed by atoms with Crippen molar-refractivity contribution in [3.63, 3.8) is 0 Å². The maximum atomic E-state index is 13.3. The molecule has 0 saturated carbocycles. The quantitative estimate of drug-likeness (QED) is 0.593. The summed E-state index contributed by atoms with van der Waals surface area (Å²) >= 11 is 0. The predicted molar refractivity (Wildman–Crippen MR) is 73.4 cm³/mol. The molecule has 6 heteroatoms. The fourth-order valence-corrected chi connectivity index (χ4v) is 1.61. The average molecular weight is 276 g/mol. The van der Waals surface area contributed by atoms with Crippen LogP contribution in [0.3, 0.4) is 0 Å². The highest BCUT2D eigenvalue weighted by Gasteiger charge is 2.11. The Morgan fingerprint density at radius 3 is 2.70 bits per heavy atom. The zero-order valence-corrected chi connectivity index (χ0v) is 10.7. The Morgan fingerprint density at radius 1 is 1.30 bits per heavy atom. The zero-order valence-electron chi connectivity index (χ0n) is 10.7. The molecule has 2 aromatic rings. The lowest BCUT2D eigenvalue weighted by atomic mass is 10.1. The van der Waals surface area contributed by atoms with Gasteiger partial charge in [0.15, 0.2) is 0 Å². The molecule has 5 nitrogen and oxygen atoms in total. The van der Waals surface area contributed by atoms with Crippen molar-refractivity contribution in [3.05, 3.63) is 47.8 Å². The molecule has 0 atom stereocenters. The first-order valence-electron chi connectivity index (χ1n) is 5.74. The van der Waals surface area contributed by atoms with Gasteiger partial charge in [-0.1, -0.05) is 0 Å². The number of hydrogen-bond donors (Lipinski definition) is 3. The van der Waals surface area contributed by atoms with Crippen LogP contribution < -0.4 is 15.8 Å². The van der Waals surface area contributed by atoms with Crippen LogP contribution in [0.1, 0.15) is 10.4 Å². The second-order valence-electron chi connectivity index (χ2n) is 4.07. The number of anilines is 2. The lowest BCUT2D eigenvalue weighted by Gasteiger charge is -2.09. The summed E-state index contributed by atoms with van der Waals surface area (Å²) in [5.41, 5.74) is 5.57. The molecule has 0 heterocycles. The molecule has 4 N–H and O–H groups in total. The number of nitrogens with two attached hydrogens (primary N) is 1. The topological polar surface area (TPSA) is 84.6 Å². The lowest BCUT2D eigenvalue weighted by Crippen LogP contribution is -2.12. The van der Waals surface area contributed by atoms with Crippen LogP contribution in [0.5, 0.6) is 11.5 Å². The fourth-order valence-electron chi connectivity index (χ4n) is 1.61. The summed E-state index contributed by atoms with van der Waals surface area (Å²) in [7, 11) is 1.47. The molecule has 0 aliphatic heterocycles. The third kappa shape index (κ3) is 2.80. The normalized spacial score (nSPS) is 10.1.